The Bertz CT molecular complexity index is 745. The summed E-state index contributed by atoms with van der Waals surface area (Å²) < 4.78 is 11.9. The van der Waals surface area contributed by atoms with Crippen molar-refractivity contribution in [1.29, 1.82) is 0 Å². The summed E-state index contributed by atoms with van der Waals surface area (Å²) in [4.78, 5) is 12.9. The average Bonchev–Trinajstić information content (AvgIpc) is 2.80. The molecule has 0 saturated heterocycles. The largest absolute Gasteiger partial charge is 0.490 e. The van der Waals surface area contributed by atoms with Crippen LogP contribution in [0.15, 0.2) is 41.9 Å². The van der Waals surface area contributed by atoms with Gasteiger partial charge in [-0.05, 0) is 12.5 Å². The van der Waals surface area contributed by atoms with Crippen LogP contribution in [-0.4, -0.2) is 34.1 Å². The third-order valence-corrected chi connectivity index (χ3v) is 4.42. The quantitative estimate of drug-likeness (QED) is 0.811. The van der Waals surface area contributed by atoms with Crippen LogP contribution in [0.3, 0.4) is 0 Å². The summed E-state index contributed by atoms with van der Waals surface area (Å²) in [5.74, 6) is 1.65. The molecule has 2 atom stereocenters. The van der Waals surface area contributed by atoms with Gasteiger partial charge in [0.25, 0.3) is 0 Å². The molecule has 0 saturated carbocycles. The van der Waals surface area contributed by atoms with Crippen LogP contribution in [0.1, 0.15) is 19.4 Å². The van der Waals surface area contributed by atoms with E-state index in [1.54, 1.807) is 12.4 Å². The summed E-state index contributed by atoms with van der Waals surface area (Å²) >= 11 is 0. The minimum atomic E-state index is -0.303. The molecule has 3 heterocycles. The van der Waals surface area contributed by atoms with Crippen molar-refractivity contribution in [3.05, 3.63) is 42.5 Å². The summed E-state index contributed by atoms with van der Waals surface area (Å²) in [6.45, 7) is 4.49. The maximum absolute atomic E-state index is 6.12. The molecule has 2 aromatic rings. The highest BCUT2D eigenvalue weighted by Gasteiger charge is 2.46. The molecule has 4 rings (SSSR count). The molecular weight excluding hydrogens is 278 g/mol. The van der Waals surface area contributed by atoms with Crippen molar-refractivity contribution in [2.75, 3.05) is 6.61 Å². The SMILES string of the molecule is CC1=NC2(COc3c(cccc3-c3cncnc3)C2)C(C)O1. The van der Waals surface area contributed by atoms with Gasteiger partial charge in [-0.25, -0.2) is 15.0 Å². The molecule has 22 heavy (non-hydrogen) atoms. The highest BCUT2D eigenvalue weighted by atomic mass is 16.5. The van der Waals surface area contributed by atoms with E-state index in [-0.39, 0.29) is 11.6 Å². The standard InChI is InChI=1S/C17H17N3O2/c1-11-17(20-12(2)22-11)6-13-4-3-5-15(16(13)21-9-17)14-7-18-10-19-8-14/h3-5,7-8,10-11H,6,9H2,1-2H3. The fourth-order valence-corrected chi connectivity index (χ4v) is 3.27. The zero-order valence-corrected chi connectivity index (χ0v) is 12.6. The zero-order valence-electron chi connectivity index (χ0n) is 12.6. The van der Waals surface area contributed by atoms with Crippen molar-refractivity contribution in [3.8, 4) is 16.9 Å². The van der Waals surface area contributed by atoms with Gasteiger partial charge in [0.05, 0.1) is 0 Å². The fourth-order valence-electron chi connectivity index (χ4n) is 3.27. The van der Waals surface area contributed by atoms with Crippen molar-refractivity contribution in [3.63, 3.8) is 0 Å². The van der Waals surface area contributed by atoms with Crippen molar-refractivity contribution >= 4 is 5.90 Å². The highest BCUT2D eigenvalue weighted by molar-refractivity contribution is 5.77. The topological polar surface area (TPSA) is 56.6 Å². The molecule has 5 heteroatoms. The van der Waals surface area contributed by atoms with Crippen molar-refractivity contribution in [2.45, 2.75) is 31.9 Å². The van der Waals surface area contributed by atoms with Crippen LogP contribution >= 0.6 is 0 Å². The first-order valence-corrected chi connectivity index (χ1v) is 7.41. The van der Waals surface area contributed by atoms with E-state index in [1.807, 2.05) is 19.1 Å². The van der Waals surface area contributed by atoms with Crippen molar-refractivity contribution in [2.24, 2.45) is 4.99 Å². The molecule has 2 aliphatic rings. The van der Waals surface area contributed by atoms with Gasteiger partial charge in [0.15, 0.2) is 5.90 Å². The lowest BCUT2D eigenvalue weighted by atomic mass is 9.84. The predicted octanol–water partition coefficient (Wildman–Crippen LogP) is 2.65. The number of para-hydroxylation sites is 1. The molecule has 0 bridgehead atoms. The molecule has 1 aromatic carbocycles. The van der Waals surface area contributed by atoms with Crippen LogP contribution < -0.4 is 4.74 Å². The van der Waals surface area contributed by atoms with E-state index < -0.39 is 0 Å². The maximum atomic E-state index is 6.12. The smallest absolute Gasteiger partial charge is 0.181 e. The third-order valence-electron chi connectivity index (χ3n) is 4.42. The van der Waals surface area contributed by atoms with E-state index in [1.165, 1.54) is 6.33 Å². The summed E-state index contributed by atoms with van der Waals surface area (Å²) in [7, 11) is 0. The summed E-state index contributed by atoms with van der Waals surface area (Å²) in [6, 6.07) is 6.18. The Kier molecular flexibility index (Phi) is 2.89. The van der Waals surface area contributed by atoms with Gasteiger partial charge >= 0.3 is 0 Å². The number of hydrogen-bond acceptors (Lipinski definition) is 5. The molecule has 2 unspecified atom stereocenters. The molecule has 0 fully saturated rings. The lowest BCUT2D eigenvalue weighted by Gasteiger charge is -2.35. The number of benzene rings is 1. The molecule has 5 nitrogen and oxygen atoms in total. The van der Waals surface area contributed by atoms with Gasteiger partial charge < -0.3 is 9.47 Å². The van der Waals surface area contributed by atoms with Gasteiger partial charge in [-0.2, -0.15) is 0 Å². The molecule has 2 aliphatic heterocycles. The van der Waals surface area contributed by atoms with E-state index in [2.05, 4.69) is 23.0 Å². The van der Waals surface area contributed by atoms with E-state index in [0.29, 0.717) is 6.61 Å². The minimum Gasteiger partial charge on any atom is -0.490 e. The molecule has 1 aromatic heterocycles. The Balaban J connectivity index is 1.76. The lowest BCUT2D eigenvalue weighted by Crippen LogP contribution is -2.46. The second-order valence-electron chi connectivity index (χ2n) is 5.88. The number of aliphatic imine (C=N–C) groups is 1. The first-order valence-electron chi connectivity index (χ1n) is 7.41. The molecule has 1 spiro atoms. The Morgan fingerprint density at radius 2 is 2.05 bits per heavy atom. The van der Waals surface area contributed by atoms with Crippen molar-refractivity contribution in [1.82, 2.24) is 9.97 Å². The second kappa shape index (κ2) is 4.80. The summed E-state index contributed by atoms with van der Waals surface area (Å²) in [6.07, 6.45) is 6.00. The van der Waals surface area contributed by atoms with E-state index in [4.69, 9.17) is 14.5 Å². The first kappa shape index (κ1) is 13.2. The van der Waals surface area contributed by atoms with E-state index in [0.717, 1.165) is 34.8 Å². The first-order chi connectivity index (χ1) is 10.7. The van der Waals surface area contributed by atoms with Gasteiger partial charge in [-0.1, -0.05) is 18.2 Å². The predicted molar refractivity (Wildman–Crippen MR) is 83.1 cm³/mol. The molecule has 0 aliphatic carbocycles. The van der Waals surface area contributed by atoms with Crippen LogP contribution in [0.5, 0.6) is 5.75 Å². The fraction of sp³-hybridized carbons (Fsp3) is 0.353. The zero-order chi connectivity index (χ0) is 15.2. The molecule has 0 amide bonds. The van der Waals surface area contributed by atoms with Gasteiger partial charge in [0.2, 0.25) is 0 Å². The van der Waals surface area contributed by atoms with Gasteiger partial charge in [-0.15, -0.1) is 0 Å². The Labute approximate surface area is 129 Å². The Morgan fingerprint density at radius 3 is 2.77 bits per heavy atom. The van der Waals surface area contributed by atoms with Crippen LogP contribution in [-0.2, 0) is 11.2 Å². The van der Waals surface area contributed by atoms with Crippen LogP contribution in [0.25, 0.3) is 11.1 Å². The summed E-state index contributed by atoms with van der Waals surface area (Å²) in [5, 5.41) is 0. The Morgan fingerprint density at radius 1 is 1.23 bits per heavy atom. The van der Waals surface area contributed by atoms with E-state index >= 15 is 0 Å². The average molecular weight is 295 g/mol. The van der Waals surface area contributed by atoms with Gasteiger partial charge in [-0.3, -0.25) is 0 Å². The summed E-state index contributed by atoms with van der Waals surface area (Å²) in [5.41, 5.74) is 2.84. The number of nitrogens with zero attached hydrogens (tertiary/aromatic N) is 3. The monoisotopic (exact) mass is 295 g/mol. The normalized spacial score (nSPS) is 26.1. The van der Waals surface area contributed by atoms with Crippen molar-refractivity contribution < 1.29 is 9.47 Å². The maximum Gasteiger partial charge on any atom is 0.181 e. The lowest BCUT2D eigenvalue weighted by molar-refractivity contribution is 0.0936. The minimum absolute atomic E-state index is 0.0318. The molecular formula is C17H17N3O2. The number of fused-ring (bicyclic) bond motifs is 1. The van der Waals surface area contributed by atoms with Gasteiger partial charge in [0, 0.05) is 36.9 Å². The third kappa shape index (κ3) is 1.96. The van der Waals surface area contributed by atoms with E-state index in [9.17, 15) is 0 Å². The second-order valence-corrected chi connectivity index (χ2v) is 5.88. The van der Waals surface area contributed by atoms with Gasteiger partial charge in [0.1, 0.15) is 30.3 Å². The number of hydrogen-bond donors (Lipinski definition) is 0. The van der Waals surface area contributed by atoms with Crippen LogP contribution in [0.2, 0.25) is 0 Å². The van der Waals surface area contributed by atoms with Crippen LogP contribution in [0.4, 0.5) is 0 Å². The molecule has 112 valence electrons. The number of rotatable bonds is 1. The Hall–Kier alpha value is -2.43. The number of aromatic nitrogens is 2. The highest BCUT2D eigenvalue weighted by Crippen LogP contribution is 2.42. The number of ether oxygens (including phenoxy) is 2. The molecule has 0 radical (unpaired) electrons. The molecule has 0 N–H and O–H groups in total. The van der Waals surface area contributed by atoms with Crippen LogP contribution in [0, 0.1) is 0 Å².